The van der Waals surface area contributed by atoms with Gasteiger partial charge in [0.1, 0.15) is 0 Å². The van der Waals surface area contributed by atoms with Crippen LogP contribution in [0.15, 0.2) is 54.6 Å². The molecule has 2 aromatic carbocycles. The molecule has 0 spiro atoms. The van der Waals surface area contributed by atoms with E-state index in [9.17, 15) is 0 Å². The van der Waals surface area contributed by atoms with Crippen LogP contribution in [0.3, 0.4) is 0 Å². The zero-order chi connectivity index (χ0) is 19.2. The molecule has 2 heterocycles. The molecule has 2 aromatic rings. The molecule has 4 rings (SSSR count). The maximum Gasteiger partial charge on any atom is 0.231 e. The molecule has 0 saturated carbocycles. The van der Waals surface area contributed by atoms with Gasteiger partial charge in [0.2, 0.25) is 6.79 Å². The fraction of sp³-hybridized carbons (Fsp3) is 0.318. The van der Waals surface area contributed by atoms with E-state index in [1.54, 1.807) is 0 Å². The van der Waals surface area contributed by atoms with Crippen molar-refractivity contribution in [2.24, 2.45) is 0 Å². The van der Waals surface area contributed by atoms with E-state index in [0.717, 1.165) is 54.9 Å². The SMILES string of the molecule is S=C(NCc1ccc2c(c1)OCO2)N1CCN(CC=Cc2ccccc2)CC1. The molecule has 0 bridgehead atoms. The minimum atomic E-state index is 0.301. The molecule has 1 N–H and O–H groups in total. The third-order valence-corrected chi connectivity index (χ3v) is 5.42. The van der Waals surface area contributed by atoms with Crippen molar-refractivity contribution in [2.75, 3.05) is 39.5 Å². The fourth-order valence-corrected chi connectivity index (χ4v) is 3.63. The summed E-state index contributed by atoms with van der Waals surface area (Å²) in [6.45, 7) is 5.90. The van der Waals surface area contributed by atoms with Crippen LogP contribution in [0, 0.1) is 0 Å². The Morgan fingerprint density at radius 1 is 1.00 bits per heavy atom. The van der Waals surface area contributed by atoms with Crippen molar-refractivity contribution < 1.29 is 9.47 Å². The van der Waals surface area contributed by atoms with E-state index in [2.05, 4.69) is 51.5 Å². The zero-order valence-corrected chi connectivity index (χ0v) is 16.7. The van der Waals surface area contributed by atoms with Crippen LogP contribution in [0.1, 0.15) is 11.1 Å². The minimum absolute atomic E-state index is 0.301. The van der Waals surface area contributed by atoms with E-state index in [0.29, 0.717) is 13.3 Å². The van der Waals surface area contributed by atoms with Gasteiger partial charge in [-0.15, -0.1) is 0 Å². The van der Waals surface area contributed by atoms with Gasteiger partial charge in [-0.25, -0.2) is 0 Å². The Bertz CT molecular complexity index is 833. The average molecular weight is 396 g/mol. The Morgan fingerprint density at radius 2 is 1.79 bits per heavy atom. The summed E-state index contributed by atoms with van der Waals surface area (Å²) >= 11 is 5.59. The number of nitrogens with zero attached hydrogens (tertiary/aromatic N) is 2. The predicted molar refractivity (Wildman–Crippen MR) is 115 cm³/mol. The molecule has 6 heteroatoms. The molecule has 0 unspecified atom stereocenters. The summed E-state index contributed by atoms with van der Waals surface area (Å²) in [5.74, 6) is 1.62. The minimum Gasteiger partial charge on any atom is -0.454 e. The standard InChI is InChI=1S/C22H25N3O2S/c28-22(23-16-19-8-9-20-21(15-19)27-17-26-20)25-13-11-24(12-14-25)10-4-7-18-5-2-1-3-6-18/h1-9,15H,10-14,16-17H2,(H,23,28). The summed E-state index contributed by atoms with van der Waals surface area (Å²) in [5.41, 5.74) is 2.38. The molecule has 28 heavy (non-hydrogen) atoms. The van der Waals surface area contributed by atoms with Crippen LogP contribution >= 0.6 is 12.2 Å². The van der Waals surface area contributed by atoms with Crippen LogP contribution in [0.4, 0.5) is 0 Å². The second kappa shape index (κ2) is 9.08. The number of nitrogens with one attached hydrogen (secondary N) is 1. The highest BCUT2D eigenvalue weighted by Gasteiger charge is 2.18. The van der Waals surface area contributed by atoms with Crippen molar-refractivity contribution in [3.8, 4) is 11.5 Å². The van der Waals surface area contributed by atoms with Crippen LogP contribution in [0.25, 0.3) is 6.08 Å². The molecule has 1 fully saturated rings. The summed E-state index contributed by atoms with van der Waals surface area (Å²) in [6, 6.07) is 16.4. The highest BCUT2D eigenvalue weighted by molar-refractivity contribution is 7.80. The number of rotatable bonds is 5. The lowest BCUT2D eigenvalue weighted by Crippen LogP contribution is -2.51. The van der Waals surface area contributed by atoms with Gasteiger partial charge < -0.3 is 19.7 Å². The maximum atomic E-state index is 5.59. The van der Waals surface area contributed by atoms with Gasteiger partial charge >= 0.3 is 0 Å². The van der Waals surface area contributed by atoms with E-state index in [-0.39, 0.29) is 0 Å². The second-order valence-corrected chi connectivity index (χ2v) is 7.33. The van der Waals surface area contributed by atoms with Crippen molar-refractivity contribution in [1.29, 1.82) is 0 Å². The first-order valence-corrected chi connectivity index (χ1v) is 10.0. The number of thiocarbonyl (C=S) groups is 1. The maximum absolute atomic E-state index is 5.59. The molecule has 0 atom stereocenters. The highest BCUT2D eigenvalue weighted by Crippen LogP contribution is 2.32. The number of ether oxygens (including phenoxy) is 2. The molecule has 0 aromatic heterocycles. The summed E-state index contributed by atoms with van der Waals surface area (Å²) < 4.78 is 10.8. The first kappa shape index (κ1) is 18.8. The van der Waals surface area contributed by atoms with Gasteiger partial charge in [-0.2, -0.15) is 0 Å². The Balaban J connectivity index is 1.19. The number of fused-ring (bicyclic) bond motifs is 1. The van der Waals surface area contributed by atoms with Crippen LogP contribution < -0.4 is 14.8 Å². The normalized spacial score (nSPS) is 16.5. The summed E-state index contributed by atoms with van der Waals surface area (Å²) in [6.07, 6.45) is 4.42. The van der Waals surface area contributed by atoms with Crippen molar-refractivity contribution in [1.82, 2.24) is 15.1 Å². The number of hydrogen-bond acceptors (Lipinski definition) is 4. The molecule has 0 amide bonds. The number of piperazine rings is 1. The van der Waals surface area contributed by atoms with Crippen molar-refractivity contribution in [3.05, 3.63) is 65.7 Å². The quantitative estimate of drug-likeness (QED) is 0.784. The molecule has 0 radical (unpaired) electrons. The molecule has 2 aliphatic heterocycles. The summed E-state index contributed by atoms with van der Waals surface area (Å²) in [4.78, 5) is 4.70. The predicted octanol–water partition coefficient (Wildman–Crippen LogP) is 3.12. The van der Waals surface area contributed by atoms with E-state index >= 15 is 0 Å². The van der Waals surface area contributed by atoms with Gasteiger partial charge in [0.05, 0.1) is 0 Å². The molecule has 1 saturated heterocycles. The van der Waals surface area contributed by atoms with Crippen LogP contribution in [0.2, 0.25) is 0 Å². The molecule has 2 aliphatic rings. The first-order valence-electron chi connectivity index (χ1n) is 9.63. The Hall–Kier alpha value is -2.57. The van der Waals surface area contributed by atoms with Gasteiger partial charge in [0, 0.05) is 39.3 Å². The largest absolute Gasteiger partial charge is 0.454 e. The molecular weight excluding hydrogens is 370 g/mol. The molecular formula is C22H25N3O2S. The van der Waals surface area contributed by atoms with Crippen LogP contribution in [-0.4, -0.2) is 54.4 Å². The van der Waals surface area contributed by atoms with Crippen molar-refractivity contribution >= 4 is 23.4 Å². The molecule has 0 aliphatic carbocycles. The fourth-order valence-electron chi connectivity index (χ4n) is 3.38. The lowest BCUT2D eigenvalue weighted by molar-refractivity contribution is 0.174. The monoisotopic (exact) mass is 395 g/mol. The van der Waals surface area contributed by atoms with Crippen LogP contribution in [-0.2, 0) is 6.54 Å². The number of hydrogen-bond donors (Lipinski definition) is 1. The van der Waals surface area contributed by atoms with Gasteiger partial charge in [-0.3, -0.25) is 4.90 Å². The zero-order valence-electron chi connectivity index (χ0n) is 15.8. The van der Waals surface area contributed by atoms with Crippen molar-refractivity contribution in [2.45, 2.75) is 6.54 Å². The van der Waals surface area contributed by atoms with Crippen molar-refractivity contribution in [3.63, 3.8) is 0 Å². The second-order valence-electron chi connectivity index (χ2n) is 6.95. The first-order chi connectivity index (χ1) is 13.8. The molecule has 146 valence electrons. The third-order valence-electron chi connectivity index (χ3n) is 5.01. The van der Waals surface area contributed by atoms with E-state index in [1.165, 1.54) is 5.56 Å². The van der Waals surface area contributed by atoms with Crippen LogP contribution in [0.5, 0.6) is 11.5 Å². The summed E-state index contributed by atoms with van der Waals surface area (Å²) in [7, 11) is 0. The summed E-state index contributed by atoms with van der Waals surface area (Å²) in [5, 5.41) is 4.18. The van der Waals surface area contributed by atoms with E-state index in [4.69, 9.17) is 21.7 Å². The number of benzene rings is 2. The Morgan fingerprint density at radius 3 is 2.61 bits per heavy atom. The van der Waals surface area contributed by atoms with E-state index in [1.807, 2.05) is 24.3 Å². The lowest BCUT2D eigenvalue weighted by atomic mass is 10.2. The van der Waals surface area contributed by atoms with Gasteiger partial charge in [0.25, 0.3) is 0 Å². The third kappa shape index (κ3) is 4.82. The topological polar surface area (TPSA) is 37.0 Å². The Labute approximate surface area is 171 Å². The molecule has 5 nitrogen and oxygen atoms in total. The van der Waals surface area contributed by atoms with Gasteiger partial charge in [0.15, 0.2) is 16.6 Å². The van der Waals surface area contributed by atoms with E-state index < -0.39 is 0 Å². The lowest BCUT2D eigenvalue weighted by Gasteiger charge is -2.35. The smallest absolute Gasteiger partial charge is 0.231 e. The van der Waals surface area contributed by atoms with Gasteiger partial charge in [-0.1, -0.05) is 48.6 Å². The average Bonchev–Trinajstić information content (AvgIpc) is 3.21. The highest BCUT2D eigenvalue weighted by atomic mass is 32.1. The Kier molecular flexibility index (Phi) is 6.09. The van der Waals surface area contributed by atoms with Gasteiger partial charge in [-0.05, 0) is 35.5 Å².